The van der Waals surface area contributed by atoms with Gasteiger partial charge in [-0.25, -0.2) is 12.8 Å². The number of aliphatic hydroxyl groups excluding tert-OH is 1. The van der Waals surface area contributed by atoms with Crippen molar-refractivity contribution in [3.63, 3.8) is 0 Å². The first-order chi connectivity index (χ1) is 10.9. The van der Waals surface area contributed by atoms with Crippen LogP contribution in [0.25, 0.3) is 0 Å². The molecule has 3 rings (SSSR count). The fourth-order valence-corrected chi connectivity index (χ4v) is 4.02. The normalized spacial score (nSPS) is 17.3. The molecule has 0 spiro atoms. The summed E-state index contributed by atoms with van der Waals surface area (Å²) in [6.07, 6.45) is 2.16. The first-order valence-electron chi connectivity index (χ1n) is 7.00. The van der Waals surface area contributed by atoms with Crippen molar-refractivity contribution in [3.8, 4) is 6.07 Å². The molecule has 8 heteroatoms. The van der Waals surface area contributed by atoms with Gasteiger partial charge in [-0.3, -0.25) is 4.72 Å². The zero-order valence-corrected chi connectivity index (χ0v) is 12.8. The minimum Gasteiger partial charge on any atom is -0.393 e. The number of anilines is 1. The lowest BCUT2D eigenvalue weighted by Crippen LogP contribution is -2.21. The Morgan fingerprint density at radius 3 is 2.91 bits per heavy atom. The van der Waals surface area contributed by atoms with Crippen molar-refractivity contribution in [2.24, 2.45) is 0 Å². The highest BCUT2D eigenvalue weighted by Crippen LogP contribution is 2.29. The van der Waals surface area contributed by atoms with Gasteiger partial charge in [-0.15, -0.1) is 0 Å². The maximum absolute atomic E-state index is 13.9. The maximum atomic E-state index is 13.9. The highest BCUT2D eigenvalue weighted by atomic mass is 32.2. The van der Waals surface area contributed by atoms with E-state index in [2.05, 4.69) is 9.71 Å². The summed E-state index contributed by atoms with van der Waals surface area (Å²) in [7, 11) is -3.96. The van der Waals surface area contributed by atoms with E-state index in [1.165, 1.54) is 18.3 Å². The lowest BCUT2D eigenvalue weighted by molar-refractivity contribution is 0.157. The number of sulfonamides is 1. The molecule has 0 saturated carbocycles. The molecular formula is C15H14FN3O3S. The quantitative estimate of drug-likeness (QED) is 0.793. The standard InChI is InChI=1S/C15H14FN3O3S/c16-12-5-9(7-17)1-4-13(12)19-23(21,22)15-8-18-14-6-10(20)2-3-11(14)15/h1,4-5,8,10,18-20H,2-3,6H2. The van der Waals surface area contributed by atoms with Gasteiger partial charge in [0.1, 0.15) is 10.7 Å². The van der Waals surface area contributed by atoms with Gasteiger partial charge in [-0.2, -0.15) is 5.26 Å². The molecule has 0 fully saturated rings. The molecule has 0 saturated heterocycles. The van der Waals surface area contributed by atoms with Crippen LogP contribution in [0.4, 0.5) is 10.1 Å². The average Bonchev–Trinajstić information content (AvgIpc) is 2.93. The van der Waals surface area contributed by atoms with Crippen molar-refractivity contribution in [1.82, 2.24) is 4.98 Å². The summed E-state index contributed by atoms with van der Waals surface area (Å²) < 4.78 is 41.1. The van der Waals surface area contributed by atoms with Crippen molar-refractivity contribution in [2.75, 3.05) is 4.72 Å². The molecule has 0 bridgehead atoms. The van der Waals surface area contributed by atoms with E-state index in [9.17, 15) is 17.9 Å². The fourth-order valence-electron chi connectivity index (χ4n) is 2.69. The number of H-pyrrole nitrogens is 1. The predicted molar refractivity (Wildman–Crippen MR) is 80.7 cm³/mol. The van der Waals surface area contributed by atoms with E-state index in [0.717, 1.165) is 6.07 Å². The summed E-state index contributed by atoms with van der Waals surface area (Å²) in [6, 6.07) is 5.31. The number of fused-ring (bicyclic) bond motifs is 1. The molecule has 1 aromatic heterocycles. The minimum atomic E-state index is -3.96. The molecule has 120 valence electrons. The number of halogens is 1. The van der Waals surface area contributed by atoms with E-state index in [0.29, 0.717) is 30.5 Å². The number of aromatic nitrogens is 1. The zero-order valence-electron chi connectivity index (χ0n) is 12.0. The van der Waals surface area contributed by atoms with Crippen molar-refractivity contribution >= 4 is 15.7 Å². The van der Waals surface area contributed by atoms with Gasteiger partial charge in [-0.05, 0) is 36.6 Å². The number of benzene rings is 1. The van der Waals surface area contributed by atoms with Crippen LogP contribution in [0.15, 0.2) is 29.3 Å². The molecule has 0 amide bonds. The monoisotopic (exact) mass is 335 g/mol. The Balaban J connectivity index is 1.93. The number of rotatable bonds is 3. The third-order valence-electron chi connectivity index (χ3n) is 3.84. The summed E-state index contributed by atoms with van der Waals surface area (Å²) in [4.78, 5) is 2.92. The fraction of sp³-hybridized carbons (Fsp3) is 0.267. The van der Waals surface area contributed by atoms with Crippen LogP contribution < -0.4 is 4.72 Å². The van der Waals surface area contributed by atoms with Gasteiger partial charge in [0.15, 0.2) is 0 Å². The van der Waals surface area contributed by atoms with Crippen LogP contribution in [0.2, 0.25) is 0 Å². The van der Waals surface area contributed by atoms with Crippen LogP contribution >= 0.6 is 0 Å². The van der Waals surface area contributed by atoms with Crippen molar-refractivity contribution in [1.29, 1.82) is 5.26 Å². The highest BCUT2D eigenvalue weighted by Gasteiger charge is 2.27. The average molecular weight is 335 g/mol. The molecule has 6 nitrogen and oxygen atoms in total. The number of hydrogen-bond acceptors (Lipinski definition) is 4. The summed E-state index contributed by atoms with van der Waals surface area (Å²) in [5.41, 5.74) is 1.20. The second-order valence-electron chi connectivity index (χ2n) is 5.42. The Kier molecular flexibility index (Phi) is 3.83. The first-order valence-corrected chi connectivity index (χ1v) is 8.48. The Bertz CT molecular complexity index is 899. The number of aliphatic hydroxyl groups is 1. The summed E-state index contributed by atoms with van der Waals surface area (Å²) in [6.45, 7) is 0. The molecule has 1 aliphatic rings. The van der Waals surface area contributed by atoms with Crippen molar-refractivity contribution < 1.29 is 17.9 Å². The van der Waals surface area contributed by atoms with Gasteiger partial charge >= 0.3 is 0 Å². The lowest BCUT2D eigenvalue weighted by Gasteiger charge is -2.18. The third kappa shape index (κ3) is 2.93. The summed E-state index contributed by atoms with van der Waals surface area (Å²) in [5.74, 6) is -0.813. The van der Waals surface area contributed by atoms with Crippen molar-refractivity contribution in [3.05, 3.63) is 47.0 Å². The largest absolute Gasteiger partial charge is 0.393 e. The van der Waals surface area contributed by atoms with E-state index < -0.39 is 21.9 Å². The predicted octanol–water partition coefficient (Wildman–Crippen LogP) is 1.68. The van der Waals surface area contributed by atoms with E-state index >= 15 is 0 Å². The van der Waals surface area contributed by atoms with Gasteiger partial charge in [0, 0.05) is 18.3 Å². The van der Waals surface area contributed by atoms with Gasteiger partial charge < -0.3 is 10.1 Å². The molecule has 0 radical (unpaired) electrons. The van der Waals surface area contributed by atoms with Crippen LogP contribution in [0.5, 0.6) is 0 Å². The molecule has 1 aliphatic carbocycles. The molecule has 1 atom stereocenters. The van der Waals surface area contributed by atoms with Crippen LogP contribution in [0.3, 0.4) is 0 Å². The van der Waals surface area contributed by atoms with Gasteiger partial charge in [0.2, 0.25) is 0 Å². The van der Waals surface area contributed by atoms with E-state index in [4.69, 9.17) is 5.26 Å². The summed E-state index contributed by atoms with van der Waals surface area (Å²) in [5, 5.41) is 18.3. The van der Waals surface area contributed by atoms with Crippen LogP contribution in [0.1, 0.15) is 23.2 Å². The number of nitriles is 1. The lowest BCUT2D eigenvalue weighted by atomic mass is 9.96. The molecule has 1 aromatic carbocycles. The number of nitrogens with one attached hydrogen (secondary N) is 2. The second-order valence-corrected chi connectivity index (χ2v) is 7.07. The second kappa shape index (κ2) is 5.68. The Labute approximate surface area is 132 Å². The Hall–Kier alpha value is -2.37. The van der Waals surface area contributed by atoms with E-state index in [1.807, 2.05) is 0 Å². The minimum absolute atomic E-state index is 0.0585. The van der Waals surface area contributed by atoms with Gasteiger partial charge in [-0.1, -0.05) is 0 Å². The number of nitrogens with zero attached hydrogens (tertiary/aromatic N) is 1. The molecule has 3 N–H and O–H groups in total. The molecular weight excluding hydrogens is 321 g/mol. The van der Waals surface area contributed by atoms with Crippen LogP contribution in [-0.2, 0) is 22.9 Å². The zero-order chi connectivity index (χ0) is 16.6. The van der Waals surface area contributed by atoms with E-state index in [1.54, 1.807) is 6.07 Å². The van der Waals surface area contributed by atoms with Crippen LogP contribution in [-0.4, -0.2) is 24.6 Å². The first kappa shape index (κ1) is 15.5. The van der Waals surface area contributed by atoms with E-state index in [-0.39, 0.29) is 16.1 Å². The molecule has 1 heterocycles. The summed E-state index contributed by atoms with van der Waals surface area (Å²) >= 11 is 0. The topological polar surface area (TPSA) is 106 Å². The van der Waals surface area contributed by atoms with Crippen LogP contribution in [0, 0.1) is 17.1 Å². The Morgan fingerprint density at radius 1 is 1.43 bits per heavy atom. The molecule has 0 aliphatic heterocycles. The van der Waals surface area contributed by atoms with Gasteiger partial charge in [0.25, 0.3) is 10.0 Å². The molecule has 23 heavy (non-hydrogen) atoms. The molecule has 2 aromatic rings. The smallest absolute Gasteiger partial charge is 0.263 e. The maximum Gasteiger partial charge on any atom is 0.263 e. The molecule has 1 unspecified atom stereocenters. The number of aromatic amines is 1. The SMILES string of the molecule is N#Cc1ccc(NS(=O)(=O)c2c[nH]c3c2CCC(O)C3)c(F)c1. The Morgan fingerprint density at radius 2 is 2.22 bits per heavy atom. The van der Waals surface area contributed by atoms with Crippen molar-refractivity contribution in [2.45, 2.75) is 30.3 Å². The number of hydrogen-bond donors (Lipinski definition) is 3. The van der Waals surface area contributed by atoms with Gasteiger partial charge in [0.05, 0.1) is 23.4 Å². The highest BCUT2D eigenvalue weighted by molar-refractivity contribution is 7.92. The third-order valence-corrected chi connectivity index (χ3v) is 5.27.